The number of esters is 1. The Labute approximate surface area is 141 Å². The lowest BCUT2D eigenvalue weighted by Gasteiger charge is -2.08. The summed E-state index contributed by atoms with van der Waals surface area (Å²) in [5.74, 6) is 3.94. The van der Waals surface area contributed by atoms with E-state index < -0.39 is 5.97 Å². The van der Waals surface area contributed by atoms with Crippen molar-refractivity contribution in [1.29, 1.82) is 0 Å². The zero-order valence-electron chi connectivity index (χ0n) is 13.4. The summed E-state index contributed by atoms with van der Waals surface area (Å²) in [6.07, 6.45) is 6.39. The summed E-state index contributed by atoms with van der Waals surface area (Å²) in [5, 5.41) is 0. The quantitative estimate of drug-likeness (QED) is 0.439. The lowest BCUT2D eigenvalue weighted by molar-refractivity contribution is -0.136. The molecule has 0 atom stereocenters. The topological polar surface area (TPSA) is 44.8 Å². The molecule has 4 nitrogen and oxygen atoms in total. The average molecular weight is 322 g/mol. The number of carbonyl (C=O) groups is 1. The second kappa shape index (κ2) is 9.06. The molecule has 4 heteroatoms. The van der Waals surface area contributed by atoms with Crippen LogP contribution in [0.1, 0.15) is 6.92 Å². The molecule has 0 fully saturated rings. The number of rotatable bonds is 7. The number of carbonyl (C=O) groups excluding carboxylic acids is 1. The van der Waals surface area contributed by atoms with Crippen molar-refractivity contribution in [3.05, 3.63) is 66.2 Å². The molecule has 24 heavy (non-hydrogen) atoms. The van der Waals surface area contributed by atoms with Gasteiger partial charge < -0.3 is 14.2 Å². The second-order valence-corrected chi connectivity index (χ2v) is 4.98. The van der Waals surface area contributed by atoms with Crippen molar-refractivity contribution in [1.82, 2.24) is 0 Å². The Hall–Kier alpha value is -3.19. The number of hydrogen-bond acceptors (Lipinski definition) is 4. The van der Waals surface area contributed by atoms with Crippen molar-refractivity contribution < 1.29 is 19.0 Å². The molecular weight excluding hydrogens is 304 g/mol. The fraction of sp³-hybridized carbons (Fsp3) is 0.150. The summed E-state index contributed by atoms with van der Waals surface area (Å²) in [6.45, 7) is 2.03. The van der Waals surface area contributed by atoms with Gasteiger partial charge in [-0.1, -0.05) is 24.1 Å². The highest BCUT2D eigenvalue weighted by atomic mass is 16.5. The van der Waals surface area contributed by atoms with Crippen LogP contribution in [0.3, 0.4) is 0 Å². The van der Waals surface area contributed by atoms with Gasteiger partial charge in [-0.2, -0.15) is 0 Å². The van der Waals surface area contributed by atoms with Gasteiger partial charge in [0.25, 0.3) is 0 Å². The minimum atomic E-state index is -0.472. The van der Waals surface area contributed by atoms with Crippen LogP contribution < -0.4 is 9.47 Å². The molecule has 0 spiro atoms. The Kier molecular flexibility index (Phi) is 6.48. The van der Waals surface area contributed by atoms with E-state index in [1.807, 2.05) is 54.6 Å². The second-order valence-electron chi connectivity index (χ2n) is 4.98. The highest BCUT2D eigenvalue weighted by molar-refractivity contribution is 5.82. The Morgan fingerprint density at radius 3 is 2.33 bits per heavy atom. The molecule has 0 heterocycles. The molecule has 0 aliphatic heterocycles. The molecule has 0 saturated heterocycles. The van der Waals surface area contributed by atoms with E-state index in [1.54, 1.807) is 6.92 Å². The van der Waals surface area contributed by atoms with Gasteiger partial charge in [-0.05, 0) is 48.9 Å². The lowest BCUT2D eigenvalue weighted by atomic mass is 10.3. The Bertz CT molecular complexity index is 724. The first-order chi connectivity index (χ1) is 11.7. The average Bonchev–Trinajstić information content (AvgIpc) is 2.60. The molecule has 0 saturated carbocycles. The number of terminal acetylenes is 1. The maximum absolute atomic E-state index is 11.4. The number of benzene rings is 2. The SMILES string of the molecule is C#CCOC(=O)C=C(C)COc1ccc(Oc2ccccc2)cc1. The lowest BCUT2D eigenvalue weighted by Crippen LogP contribution is -2.05. The predicted molar refractivity (Wildman–Crippen MR) is 92.0 cm³/mol. The normalized spacial score (nSPS) is 10.6. The molecule has 2 aromatic carbocycles. The maximum atomic E-state index is 11.4. The van der Waals surface area contributed by atoms with Crippen LogP contribution in [0.4, 0.5) is 0 Å². The van der Waals surface area contributed by atoms with E-state index in [0.717, 1.165) is 17.1 Å². The summed E-state index contributed by atoms with van der Waals surface area (Å²) in [5.41, 5.74) is 0.738. The molecule has 0 radical (unpaired) electrons. The molecule has 0 unspecified atom stereocenters. The summed E-state index contributed by atoms with van der Waals surface area (Å²) >= 11 is 0. The van der Waals surface area contributed by atoms with Gasteiger partial charge in [-0.3, -0.25) is 0 Å². The number of hydrogen-bond donors (Lipinski definition) is 0. The Morgan fingerprint density at radius 2 is 1.67 bits per heavy atom. The standard InChI is InChI=1S/C20H18O4/c1-3-13-22-20(21)14-16(2)15-23-17-9-11-19(12-10-17)24-18-7-5-4-6-8-18/h1,4-12,14H,13,15H2,2H3. The molecule has 0 aromatic heterocycles. The monoisotopic (exact) mass is 322 g/mol. The van der Waals surface area contributed by atoms with E-state index in [0.29, 0.717) is 5.75 Å². The van der Waals surface area contributed by atoms with E-state index in [1.165, 1.54) is 6.08 Å². The van der Waals surface area contributed by atoms with Crippen LogP contribution in [0.25, 0.3) is 0 Å². The molecule has 0 bridgehead atoms. The molecular formula is C20H18O4. The number of para-hydroxylation sites is 1. The van der Waals surface area contributed by atoms with E-state index in [2.05, 4.69) is 5.92 Å². The van der Waals surface area contributed by atoms with Gasteiger partial charge >= 0.3 is 5.97 Å². The summed E-state index contributed by atoms with van der Waals surface area (Å²) in [6, 6.07) is 16.8. The van der Waals surface area contributed by atoms with Gasteiger partial charge in [-0.25, -0.2) is 4.79 Å². The van der Waals surface area contributed by atoms with Crippen molar-refractivity contribution in [3.63, 3.8) is 0 Å². The first kappa shape index (κ1) is 17.2. The molecule has 0 aliphatic carbocycles. The van der Waals surface area contributed by atoms with Gasteiger partial charge in [0.2, 0.25) is 0 Å². The summed E-state index contributed by atoms with van der Waals surface area (Å²) < 4.78 is 16.1. The largest absolute Gasteiger partial charge is 0.489 e. The van der Waals surface area contributed by atoms with Gasteiger partial charge in [0.1, 0.15) is 23.9 Å². The minimum absolute atomic E-state index is 0.0354. The van der Waals surface area contributed by atoms with Crippen molar-refractivity contribution in [2.75, 3.05) is 13.2 Å². The molecule has 2 aromatic rings. The first-order valence-corrected chi connectivity index (χ1v) is 7.40. The summed E-state index contributed by atoms with van der Waals surface area (Å²) in [4.78, 5) is 11.4. The van der Waals surface area contributed by atoms with E-state index in [9.17, 15) is 4.79 Å². The van der Waals surface area contributed by atoms with E-state index in [-0.39, 0.29) is 13.2 Å². The van der Waals surface area contributed by atoms with Crippen LogP contribution in [0.2, 0.25) is 0 Å². The van der Waals surface area contributed by atoms with Crippen molar-refractivity contribution in [2.24, 2.45) is 0 Å². The molecule has 0 N–H and O–H groups in total. The smallest absolute Gasteiger partial charge is 0.331 e. The van der Waals surface area contributed by atoms with E-state index in [4.69, 9.17) is 20.6 Å². The molecule has 122 valence electrons. The third-order valence-electron chi connectivity index (χ3n) is 2.93. The van der Waals surface area contributed by atoms with E-state index >= 15 is 0 Å². The predicted octanol–water partition coefficient (Wildman–Crippen LogP) is 3.98. The van der Waals surface area contributed by atoms with Crippen molar-refractivity contribution in [3.8, 4) is 29.6 Å². The van der Waals surface area contributed by atoms with Crippen LogP contribution in [-0.4, -0.2) is 19.2 Å². The Morgan fingerprint density at radius 1 is 1.04 bits per heavy atom. The highest BCUT2D eigenvalue weighted by Crippen LogP contribution is 2.23. The zero-order chi connectivity index (χ0) is 17.2. The van der Waals surface area contributed by atoms with Gasteiger partial charge in [0.05, 0.1) is 0 Å². The molecule has 0 aliphatic rings. The van der Waals surface area contributed by atoms with Gasteiger partial charge in [-0.15, -0.1) is 6.42 Å². The van der Waals surface area contributed by atoms with Crippen LogP contribution in [0.15, 0.2) is 66.2 Å². The highest BCUT2D eigenvalue weighted by Gasteiger charge is 2.01. The number of ether oxygens (including phenoxy) is 3. The fourth-order valence-corrected chi connectivity index (χ4v) is 1.82. The molecule has 2 rings (SSSR count). The van der Waals surface area contributed by atoms with Crippen LogP contribution in [0, 0.1) is 12.3 Å². The fourth-order valence-electron chi connectivity index (χ4n) is 1.82. The molecule has 0 amide bonds. The van der Waals surface area contributed by atoms with Gasteiger partial charge in [0.15, 0.2) is 6.61 Å². The third-order valence-corrected chi connectivity index (χ3v) is 2.93. The maximum Gasteiger partial charge on any atom is 0.331 e. The van der Waals surface area contributed by atoms with Crippen LogP contribution in [0.5, 0.6) is 17.2 Å². The minimum Gasteiger partial charge on any atom is -0.489 e. The van der Waals surface area contributed by atoms with Crippen molar-refractivity contribution in [2.45, 2.75) is 6.92 Å². The van der Waals surface area contributed by atoms with Crippen molar-refractivity contribution >= 4 is 5.97 Å². The van der Waals surface area contributed by atoms with Gasteiger partial charge in [0, 0.05) is 6.08 Å². The summed E-state index contributed by atoms with van der Waals surface area (Å²) in [7, 11) is 0. The van der Waals surface area contributed by atoms with Crippen LogP contribution in [-0.2, 0) is 9.53 Å². The van der Waals surface area contributed by atoms with Crippen LogP contribution >= 0.6 is 0 Å². The zero-order valence-corrected chi connectivity index (χ0v) is 13.4. The Balaban J connectivity index is 1.84. The first-order valence-electron chi connectivity index (χ1n) is 7.40. The third kappa shape index (κ3) is 5.90.